The Morgan fingerprint density at radius 3 is 2.75 bits per heavy atom. The average Bonchev–Trinajstić information content (AvgIpc) is 3.09. The van der Waals surface area contributed by atoms with Crippen molar-refractivity contribution >= 4 is 0 Å². The van der Waals surface area contributed by atoms with Crippen molar-refractivity contribution in [2.24, 2.45) is 0 Å². The van der Waals surface area contributed by atoms with Crippen LogP contribution in [0.2, 0.25) is 0 Å². The van der Waals surface area contributed by atoms with E-state index in [1.165, 1.54) is 5.56 Å². The fraction of sp³-hybridized carbons (Fsp3) is 0.200. The third-order valence-corrected chi connectivity index (χ3v) is 3.10. The summed E-state index contributed by atoms with van der Waals surface area (Å²) in [5, 5.41) is 10.5. The Bertz CT molecular complexity index is 672. The lowest BCUT2D eigenvalue weighted by Crippen LogP contribution is -2.12. The molecule has 20 heavy (non-hydrogen) atoms. The molecular formula is C15H16N4O. The first-order chi connectivity index (χ1) is 9.83. The van der Waals surface area contributed by atoms with E-state index in [2.05, 4.69) is 20.5 Å². The minimum Gasteiger partial charge on any atom is -0.460 e. The van der Waals surface area contributed by atoms with Gasteiger partial charge in [0.2, 0.25) is 0 Å². The lowest BCUT2D eigenvalue weighted by Gasteiger charge is -2.04. The van der Waals surface area contributed by atoms with Crippen LogP contribution in [0.1, 0.15) is 16.9 Å². The van der Waals surface area contributed by atoms with Gasteiger partial charge in [-0.2, -0.15) is 5.10 Å². The van der Waals surface area contributed by atoms with Crippen molar-refractivity contribution in [2.45, 2.75) is 20.0 Å². The normalized spacial score (nSPS) is 10.8. The lowest BCUT2D eigenvalue weighted by atomic mass is 10.2. The minimum atomic E-state index is 0.730. The summed E-state index contributed by atoms with van der Waals surface area (Å²) in [4.78, 5) is 4.00. The summed E-state index contributed by atoms with van der Waals surface area (Å²) in [6, 6.07) is 7.90. The number of aromatic amines is 1. The molecule has 5 nitrogen and oxygen atoms in total. The molecule has 3 aromatic rings. The standard InChI is InChI=1S/C15H16N4O/c1-11-2-3-14(20-11)15-13(10-18-19-15)9-17-8-12-4-6-16-7-5-12/h2-7,10,17H,8-9H2,1H3,(H,18,19). The summed E-state index contributed by atoms with van der Waals surface area (Å²) in [7, 11) is 0. The SMILES string of the molecule is Cc1ccc(-c2[nH]ncc2CNCc2ccncc2)o1. The highest BCUT2D eigenvalue weighted by Crippen LogP contribution is 2.23. The quantitative estimate of drug-likeness (QED) is 0.746. The van der Waals surface area contributed by atoms with Crippen LogP contribution >= 0.6 is 0 Å². The Balaban J connectivity index is 1.65. The van der Waals surface area contributed by atoms with Gasteiger partial charge in [0.15, 0.2) is 5.76 Å². The molecule has 0 spiro atoms. The number of furan rings is 1. The van der Waals surface area contributed by atoms with Gasteiger partial charge in [-0.3, -0.25) is 10.1 Å². The highest BCUT2D eigenvalue weighted by Gasteiger charge is 2.10. The van der Waals surface area contributed by atoms with Crippen LogP contribution in [-0.2, 0) is 13.1 Å². The number of pyridine rings is 1. The van der Waals surface area contributed by atoms with E-state index in [9.17, 15) is 0 Å². The molecule has 0 unspecified atom stereocenters. The molecule has 0 amide bonds. The number of aryl methyl sites for hydroxylation is 1. The molecule has 3 heterocycles. The zero-order chi connectivity index (χ0) is 13.8. The second-order valence-corrected chi connectivity index (χ2v) is 4.64. The van der Waals surface area contributed by atoms with Gasteiger partial charge in [-0.1, -0.05) is 0 Å². The molecule has 0 aromatic carbocycles. The molecule has 3 aromatic heterocycles. The summed E-state index contributed by atoms with van der Waals surface area (Å²) in [5.41, 5.74) is 3.23. The maximum Gasteiger partial charge on any atom is 0.152 e. The maximum absolute atomic E-state index is 5.63. The molecule has 0 aliphatic rings. The van der Waals surface area contributed by atoms with Crippen molar-refractivity contribution < 1.29 is 4.42 Å². The average molecular weight is 268 g/mol. The van der Waals surface area contributed by atoms with Gasteiger partial charge in [-0.05, 0) is 36.8 Å². The van der Waals surface area contributed by atoms with E-state index in [4.69, 9.17) is 4.42 Å². The van der Waals surface area contributed by atoms with E-state index in [-0.39, 0.29) is 0 Å². The smallest absolute Gasteiger partial charge is 0.152 e. The van der Waals surface area contributed by atoms with Gasteiger partial charge in [-0.25, -0.2) is 0 Å². The number of hydrogen-bond acceptors (Lipinski definition) is 4. The molecule has 0 aliphatic heterocycles. The van der Waals surface area contributed by atoms with E-state index >= 15 is 0 Å². The predicted molar refractivity (Wildman–Crippen MR) is 75.8 cm³/mol. The number of aromatic nitrogens is 3. The van der Waals surface area contributed by atoms with Gasteiger partial charge < -0.3 is 9.73 Å². The van der Waals surface area contributed by atoms with E-state index in [1.54, 1.807) is 12.4 Å². The summed E-state index contributed by atoms with van der Waals surface area (Å²) in [6.07, 6.45) is 5.42. The maximum atomic E-state index is 5.63. The van der Waals surface area contributed by atoms with Crippen LogP contribution in [0.5, 0.6) is 0 Å². The van der Waals surface area contributed by atoms with Gasteiger partial charge in [0.1, 0.15) is 11.5 Å². The molecule has 0 saturated heterocycles. The zero-order valence-corrected chi connectivity index (χ0v) is 11.3. The van der Waals surface area contributed by atoms with Crippen LogP contribution in [0.25, 0.3) is 11.5 Å². The molecule has 2 N–H and O–H groups in total. The summed E-state index contributed by atoms with van der Waals surface area (Å²) >= 11 is 0. The summed E-state index contributed by atoms with van der Waals surface area (Å²) in [5.74, 6) is 1.71. The monoisotopic (exact) mass is 268 g/mol. The number of hydrogen-bond donors (Lipinski definition) is 2. The fourth-order valence-corrected chi connectivity index (χ4v) is 2.07. The first kappa shape index (κ1) is 12.6. The Hall–Kier alpha value is -2.40. The molecule has 102 valence electrons. The highest BCUT2D eigenvalue weighted by atomic mass is 16.3. The number of nitrogens with zero attached hydrogens (tertiary/aromatic N) is 2. The third kappa shape index (κ3) is 2.78. The molecular weight excluding hydrogens is 252 g/mol. The summed E-state index contributed by atoms with van der Waals surface area (Å²) < 4.78 is 5.63. The van der Waals surface area contributed by atoms with Crippen LogP contribution in [0, 0.1) is 6.92 Å². The second-order valence-electron chi connectivity index (χ2n) is 4.64. The molecule has 3 rings (SSSR count). The zero-order valence-electron chi connectivity index (χ0n) is 11.3. The largest absolute Gasteiger partial charge is 0.460 e. The Morgan fingerprint density at radius 2 is 2.00 bits per heavy atom. The van der Waals surface area contributed by atoms with Crippen molar-refractivity contribution in [3.8, 4) is 11.5 Å². The molecule has 0 saturated carbocycles. The van der Waals surface area contributed by atoms with Gasteiger partial charge in [0.05, 0.1) is 6.20 Å². The second kappa shape index (κ2) is 5.71. The van der Waals surface area contributed by atoms with Crippen molar-refractivity contribution in [3.63, 3.8) is 0 Å². The van der Waals surface area contributed by atoms with Crippen molar-refractivity contribution in [3.05, 3.63) is 59.7 Å². The topological polar surface area (TPSA) is 66.7 Å². The Kier molecular flexibility index (Phi) is 3.60. The molecule has 0 atom stereocenters. The van der Waals surface area contributed by atoms with Crippen LogP contribution in [-0.4, -0.2) is 15.2 Å². The van der Waals surface area contributed by atoms with Gasteiger partial charge in [0.25, 0.3) is 0 Å². The predicted octanol–water partition coefficient (Wildman–Crippen LogP) is 2.66. The van der Waals surface area contributed by atoms with Crippen LogP contribution in [0.3, 0.4) is 0 Å². The van der Waals surface area contributed by atoms with E-state index < -0.39 is 0 Å². The van der Waals surface area contributed by atoms with Gasteiger partial charge in [0, 0.05) is 31.0 Å². The highest BCUT2D eigenvalue weighted by molar-refractivity contribution is 5.56. The molecule has 5 heteroatoms. The Labute approximate surface area is 117 Å². The van der Waals surface area contributed by atoms with Crippen molar-refractivity contribution in [1.82, 2.24) is 20.5 Å². The molecule has 0 bridgehead atoms. The fourth-order valence-electron chi connectivity index (χ4n) is 2.07. The van der Waals surface area contributed by atoms with Crippen molar-refractivity contribution in [2.75, 3.05) is 0 Å². The number of H-pyrrole nitrogens is 1. The van der Waals surface area contributed by atoms with E-state index in [0.29, 0.717) is 0 Å². The molecule has 0 fully saturated rings. The number of nitrogens with one attached hydrogen (secondary N) is 2. The van der Waals surface area contributed by atoms with Crippen LogP contribution in [0.4, 0.5) is 0 Å². The van der Waals surface area contributed by atoms with Crippen LogP contribution < -0.4 is 5.32 Å². The van der Waals surface area contributed by atoms with E-state index in [1.807, 2.05) is 37.4 Å². The molecule has 0 radical (unpaired) electrons. The summed E-state index contributed by atoms with van der Waals surface area (Å²) in [6.45, 7) is 3.46. The number of rotatable bonds is 5. The lowest BCUT2D eigenvalue weighted by molar-refractivity contribution is 0.545. The first-order valence-electron chi connectivity index (χ1n) is 6.51. The first-order valence-corrected chi connectivity index (χ1v) is 6.51. The van der Waals surface area contributed by atoms with E-state index in [0.717, 1.165) is 35.9 Å². The van der Waals surface area contributed by atoms with Crippen molar-refractivity contribution in [1.29, 1.82) is 0 Å². The minimum absolute atomic E-state index is 0.730. The van der Waals surface area contributed by atoms with Gasteiger partial charge in [-0.15, -0.1) is 0 Å². The van der Waals surface area contributed by atoms with Gasteiger partial charge >= 0.3 is 0 Å². The molecule has 0 aliphatic carbocycles. The third-order valence-electron chi connectivity index (χ3n) is 3.10. The van der Waals surface area contributed by atoms with Crippen LogP contribution in [0.15, 0.2) is 47.3 Å². The Morgan fingerprint density at radius 1 is 1.15 bits per heavy atom.